The van der Waals surface area contributed by atoms with Crippen molar-refractivity contribution in [3.8, 4) is 0 Å². The molecule has 0 aliphatic heterocycles. The summed E-state index contributed by atoms with van der Waals surface area (Å²) in [6, 6.07) is 8.49. The molecule has 0 radical (unpaired) electrons. The molecule has 0 saturated heterocycles. The van der Waals surface area contributed by atoms with Crippen LogP contribution in [0.5, 0.6) is 0 Å². The van der Waals surface area contributed by atoms with E-state index in [4.69, 9.17) is 10.8 Å². The Labute approximate surface area is 116 Å². The number of nitrogens with two attached hydrogens (primary N) is 1. The number of nitrogen functional groups attached to an aromatic ring is 1. The molecule has 2 rings (SSSR count). The predicted molar refractivity (Wildman–Crippen MR) is 76.6 cm³/mol. The maximum Gasteiger partial charge on any atom is 0.335 e. The van der Waals surface area contributed by atoms with Crippen molar-refractivity contribution in [2.75, 3.05) is 11.1 Å². The molecule has 1 heterocycles. The first kappa shape index (κ1) is 13.8. The zero-order valence-corrected chi connectivity index (χ0v) is 11.3. The van der Waals surface area contributed by atoms with Crippen molar-refractivity contribution in [3.63, 3.8) is 0 Å². The van der Waals surface area contributed by atoms with E-state index >= 15 is 0 Å². The Bertz CT molecular complexity index is 605. The second-order valence-corrected chi connectivity index (χ2v) is 4.55. The number of anilines is 2. The molecule has 0 aliphatic rings. The summed E-state index contributed by atoms with van der Waals surface area (Å²) in [6.07, 6.45) is 0. The average molecular weight is 272 g/mol. The Hall–Kier alpha value is -2.63. The van der Waals surface area contributed by atoms with Crippen LogP contribution in [-0.4, -0.2) is 21.0 Å². The number of nitrogens with one attached hydrogen (secondary N) is 1. The van der Waals surface area contributed by atoms with E-state index in [-0.39, 0.29) is 17.6 Å². The Balaban J connectivity index is 2.14. The fourth-order valence-electron chi connectivity index (χ4n) is 1.88. The summed E-state index contributed by atoms with van der Waals surface area (Å²) in [4.78, 5) is 18.9. The molecule has 2 aromatic rings. The third kappa shape index (κ3) is 3.23. The van der Waals surface area contributed by atoms with Gasteiger partial charge in [-0.15, -0.1) is 0 Å². The molecular weight excluding hydrogens is 256 g/mol. The highest BCUT2D eigenvalue weighted by Gasteiger charge is 2.09. The molecule has 0 aliphatic carbocycles. The normalized spacial score (nSPS) is 11.9. The number of hydrogen-bond acceptors (Lipinski definition) is 5. The van der Waals surface area contributed by atoms with Crippen LogP contribution in [-0.2, 0) is 0 Å². The first-order valence-corrected chi connectivity index (χ1v) is 6.16. The van der Waals surface area contributed by atoms with Crippen molar-refractivity contribution < 1.29 is 9.90 Å². The summed E-state index contributed by atoms with van der Waals surface area (Å²) >= 11 is 0. The lowest BCUT2D eigenvalue weighted by Crippen LogP contribution is -2.10. The summed E-state index contributed by atoms with van der Waals surface area (Å²) < 4.78 is 0. The molecule has 0 spiro atoms. The van der Waals surface area contributed by atoms with Crippen LogP contribution in [0.25, 0.3) is 0 Å². The van der Waals surface area contributed by atoms with Gasteiger partial charge in [-0.3, -0.25) is 0 Å². The minimum atomic E-state index is -0.934. The zero-order chi connectivity index (χ0) is 14.7. The predicted octanol–water partition coefficient (Wildman–Crippen LogP) is 2.24. The van der Waals surface area contributed by atoms with Crippen molar-refractivity contribution in [3.05, 3.63) is 47.2 Å². The van der Waals surface area contributed by atoms with Crippen molar-refractivity contribution in [2.45, 2.75) is 19.9 Å². The second kappa shape index (κ2) is 5.56. The highest BCUT2D eigenvalue weighted by atomic mass is 16.4. The van der Waals surface area contributed by atoms with Crippen LogP contribution in [0, 0.1) is 6.92 Å². The maximum atomic E-state index is 10.8. The van der Waals surface area contributed by atoms with Gasteiger partial charge in [0.15, 0.2) is 0 Å². The van der Waals surface area contributed by atoms with Gasteiger partial charge in [0.2, 0.25) is 5.95 Å². The molecule has 0 bridgehead atoms. The quantitative estimate of drug-likeness (QED) is 0.789. The van der Waals surface area contributed by atoms with Gasteiger partial charge in [0.05, 0.1) is 5.56 Å². The minimum absolute atomic E-state index is 0.0217. The number of rotatable bonds is 4. The van der Waals surface area contributed by atoms with E-state index in [0.29, 0.717) is 5.82 Å². The van der Waals surface area contributed by atoms with Crippen LogP contribution < -0.4 is 11.1 Å². The molecular formula is C14H16N4O2. The first-order valence-electron chi connectivity index (χ1n) is 6.16. The van der Waals surface area contributed by atoms with Gasteiger partial charge in [-0.25, -0.2) is 9.78 Å². The number of carboxylic acids is 1. The van der Waals surface area contributed by atoms with Crippen molar-refractivity contribution >= 4 is 17.7 Å². The molecule has 1 atom stereocenters. The Morgan fingerprint density at radius 2 is 1.95 bits per heavy atom. The molecule has 104 valence electrons. The van der Waals surface area contributed by atoms with E-state index in [1.54, 1.807) is 30.3 Å². The molecule has 6 heteroatoms. The Morgan fingerprint density at radius 3 is 2.50 bits per heavy atom. The summed E-state index contributed by atoms with van der Waals surface area (Å²) in [7, 11) is 0. The van der Waals surface area contributed by atoms with Gasteiger partial charge in [0.1, 0.15) is 5.82 Å². The zero-order valence-electron chi connectivity index (χ0n) is 11.3. The maximum absolute atomic E-state index is 10.8. The van der Waals surface area contributed by atoms with Crippen LogP contribution >= 0.6 is 0 Å². The van der Waals surface area contributed by atoms with Crippen molar-refractivity contribution in [2.24, 2.45) is 0 Å². The fourth-order valence-corrected chi connectivity index (χ4v) is 1.88. The summed E-state index contributed by atoms with van der Waals surface area (Å²) in [6.45, 7) is 3.80. The van der Waals surface area contributed by atoms with Gasteiger partial charge in [0, 0.05) is 17.8 Å². The number of aryl methyl sites for hydroxylation is 1. The van der Waals surface area contributed by atoms with Crippen molar-refractivity contribution in [1.29, 1.82) is 0 Å². The van der Waals surface area contributed by atoms with E-state index in [1.165, 1.54) is 0 Å². The van der Waals surface area contributed by atoms with E-state index in [2.05, 4.69) is 15.3 Å². The minimum Gasteiger partial charge on any atom is -0.478 e. The van der Waals surface area contributed by atoms with Crippen molar-refractivity contribution in [1.82, 2.24) is 9.97 Å². The summed E-state index contributed by atoms with van der Waals surface area (Å²) in [5, 5.41) is 12.1. The average Bonchev–Trinajstić information content (AvgIpc) is 2.37. The number of hydrogen-bond donors (Lipinski definition) is 3. The molecule has 0 unspecified atom stereocenters. The molecule has 20 heavy (non-hydrogen) atoms. The topological polar surface area (TPSA) is 101 Å². The van der Waals surface area contributed by atoms with Crippen LogP contribution in [0.3, 0.4) is 0 Å². The van der Waals surface area contributed by atoms with Gasteiger partial charge in [0.25, 0.3) is 0 Å². The Kier molecular flexibility index (Phi) is 3.84. The van der Waals surface area contributed by atoms with E-state index in [9.17, 15) is 4.79 Å². The van der Waals surface area contributed by atoms with Gasteiger partial charge < -0.3 is 16.2 Å². The van der Waals surface area contributed by atoms with Gasteiger partial charge in [-0.1, -0.05) is 12.1 Å². The van der Waals surface area contributed by atoms with E-state index in [1.807, 2.05) is 13.8 Å². The lowest BCUT2D eigenvalue weighted by molar-refractivity contribution is 0.0697. The molecule has 1 aromatic carbocycles. The van der Waals surface area contributed by atoms with Crippen LogP contribution in [0.1, 0.15) is 34.6 Å². The number of nitrogens with zero attached hydrogens (tertiary/aromatic N) is 2. The molecule has 1 aromatic heterocycles. The second-order valence-electron chi connectivity index (χ2n) is 4.55. The van der Waals surface area contributed by atoms with Gasteiger partial charge in [-0.05, 0) is 31.5 Å². The number of benzene rings is 1. The number of aromatic carboxylic acids is 1. The standard InChI is InChI=1S/C14H16N4O2/c1-8-7-12(18-14(15)16-8)17-9(2)10-3-5-11(6-4-10)13(19)20/h3-7,9H,1-2H3,(H,19,20)(H3,15,16,17,18)/t9-/m0/s1. The smallest absolute Gasteiger partial charge is 0.335 e. The first-order chi connectivity index (χ1) is 9.45. The van der Waals surface area contributed by atoms with Crippen LogP contribution in [0.4, 0.5) is 11.8 Å². The molecule has 0 fully saturated rings. The highest BCUT2D eigenvalue weighted by Crippen LogP contribution is 2.19. The molecule has 4 N–H and O–H groups in total. The van der Waals surface area contributed by atoms with Gasteiger partial charge in [-0.2, -0.15) is 4.98 Å². The third-order valence-corrected chi connectivity index (χ3v) is 2.89. The van der Waals surface area contributed by atoms with E-state index < -0.39 is 5.97 Å². The third-order valence-electron chi connectivity index (χ3n) is 2.89. The fraction of sp³-hybridized carbons (Fsp3) is 0.214. The molecule has 0 saturated carbocycles. The van der Waals surface area contributed by atoms with Crippen LogP contribution in [0.15, 0.2) is 30.3 Å². The monoisotopic (exact) mass is 272 g/mol. The molecule has 6 nitrogen and oxygen atoms in total. The van der Waals surface area contributed by atoms with Gasteiger partial charge >= 0.3 is 5.97 Å². The summed E-state index contributed by atoms with van der Waals surface area (Å²) in [5.41, 5.74) is 7.61. The number of carbonyl (C=O) groups is 1. The lowest BCUT2D eigenvalue weighted by Gasteiger charge is -2.15. The lowest BCUT2D eigenvalue weighted by atomic mass is 10.1. The SMILES string of the molecule is Cc1cc(N[C@@H](C)c2ccc(C(=O)O)cc2)nc(N)n1. The summed E-state index contributed by atoms with van der Waals surface area (Å²) in [5.74, 6) is -0.0675. The van der Waals surface area contributed by atoms with Crippen LogP contribution in [0.2, 0.25) is 0 Å². The number of carboxylic acid groups (broad SMARTS) is 1. The molecule has 0 amide bonds. The largest absolute Gasteiger partial charge is 0.478 e. The Morgan fingerprint density at radius 1 is 1.30 bits per heavy atom. The highest BCUT2D eigenvalue weighted by molar-refractivity contribution is 5.87. The van der Waals surface area contributed by atoms with E-state index in [0.717, 1.165) is 11.3 Å². The number of aromatic nitrogens is 2.